The van der Waals surface area contributed by atoms with Crippen molar-refractivity contribution in [3.63, 3.8) is 0 Å². The van der Waals surface area contributed by atoms with Gasteiger partial charge in [0.25, 0.3) is 0 Å². The van der Waals surface area contributed by atoms with E-state index in [0.29, 0.717) is 29.4 Å². The maximum Gasteiger partial charge on any atom is 0.249 e. The Kier molecular flexibility index (Phi) is 5.03. The van der Waals surface area contributed by atoms with Crippen LogP contribution in [0.25, 0.3) is 11.4 Å². The average Bonchev–Trinajstić information content (AvgIpc) is 3.18. The maximum atomic E-state index is 12.7. The van der Waals surface area contributed by atoms with Gasteiger partial charge in [-0.3, -0.25) is 20.0 Å². The molecule has 3 rings (SSSR count). The summed E-state index contributed by atoms with van der Waals surface area (Å²) in [5.41, 5.74) is 0.701. The number of hydrogen-bond acceptors (Lipinski definition) is 4. The highest BCUT2D eigenvalue weighted by molar-refractivity contribution is 6.33. The van der Waals surface area contributed by atoms with Gasteiger partial charge in [0.2, 0.25) is 17.8 Å². The SMILES string of the molecule is CC(C)C(C(=O)Nc1n[nH]c(-c2ccccc2Cl)n1)N1CCCC1=O. The molecule has 1 aliphatic heterocycles. The van der Waals surface area contributed by atoms with Crippen molar-refractivity contribution >= 4 is 29.4 Å². The summed E-state index contributed by atoms with van der Waals surface area (Å²) in [7, 11) is 0. The molecule has 2 amide bonds. The fraction of sp³-hybridized carbons (Fsp3) is 0.412. The molecule has 8 heteroatoms. The molecule has 1 unspecified atom stereocenters. The Morgan fingerprint density at radius 1 is 1.36 bits per heavy atom. The van der Waals surface area contributed by atoms with E-state index in [1.54, 1.807) is 11.0 Å². The highest BCUT2D eigenvalue weighted by Gasteiger charge is 2.35. The monoisotopic (exact) mass is 361 g/mol. The highest BCUT2D eigenvalue weighted by atomic mass is 35.5. The molecule has 2 aromatic rings. The Hall–Kier alpha value is -2.41. The molecule has 1 saturated heterocycles. The minimum absolute atomic E-state index is 0.0102. The van der Waals surface area contributed by atoms with Crippen molar-refractivity contribution < 1.29 is 9.59 Å². The van der Waals surface area contributed by atoms with Crippen LogP contribution in [-0.2, 0) is 9.59 Å². The molecule has 1 fully saturated rings. The standard InChI is InChI=1S/C17H20ClN5O2/c1-10(2)14(23-9-5-8-13(23)24)16(25)20-17-19-15(21-22-17)11-6-3-4-7-12(11)18/h3-4,6-7,10,14H,5,8-9H2,1-2H3,(H2,19,20,21,22,25). The summed E-state index contributed by atoms with van der Waals surface area (Å²) in [4.78, 5) is 30.6. The van der Waals surface area contributed by atoms with Gasteiger partial charge in [-0.25, -0.2) is 0 Å². The Morgan fingerprint density at radius 3 is 2.76 bits per heavy atom. The van der Waals surface area contributed by atoms with Gasteiger partial charge in [0.05, 0.1) is 5.02 Å². The smallest absolute Gasteiger partial charge is 0.249 e. The fourth-order valence-corrected chi connectivity index (χ4v) is 3.27. The number of aromatic nitrogens is 3. The van der Waals surface area contributed by atoms with Gasteiger partial charge in [0.1, 0.15) is 6.04 Å². The second-order valence-electron chi connectivity index (χ2n) is 6.36. The van der Waals surface area contributed by atoms with Crippen molar-refractivity contribution in [3.8, 4) is 11.4 Å². The van der Waals surface area contributed by atoms with E-state index in [9.17, 15) is 9.59 Å². The van der Waals surface area contributed by atoms with Gasteiger partial charge >= 0.3 is 0 Å². The molecule has 2 N–H and O–H groups in total. The van der Waals surface area contributed by atoms with Gasteiger partial charge in [-0.05, 0) is 24.5 Å². The molecular formula is C17H20ClN5O2. The Labute approximate surface area is 150 Å². The summed E-state index contributed by atoms with van der Waals surface area (Å²) in [5, 5.41) is 10.0. The van der Waals surface area contributed by atoms with E-state index in [0.717, 1.165) is 6.42 Å². The molecule has 2 heterocycles. The first kappa shape index (κ1) is 17.4. The van der Waals surface area contributed by atoms with E-state index < -0.39 is 6.04 Å². The van der Waals surface area contributed by atoms with E-state index in [-0.39, 0.29) is 23.7 Å². The van der Waals surface area contributed by atoms with E-state index in [2.05, 4.69) is 20.5 Å². The van der Waals surface area contributed by atoms with Crippen LogP contribution in [-0.4, -0.2) is 44.5 Å². The first-order valence-electron chi connectivity index (χ1n) is 8.25. The lowest BCUT2D eigenvalue weighted by atomic mass is 10.0. The topological polar surface area (TPSA) is 91.0 Å². The van der Waals surface area contributed by atoms with Crippen molar-refractivity contribution in [3.05, 3.63) is 29.3 Å². The van der Waals surface area contributed by atoms with Crippen LogP contribution in [0.3, 0.4) is 0 Å². The molecule has 7 nitrogen and oxygen atoms in total. The maximum absolute atomic E-state index is 12.7. The lowest BCUT2D eigenvalue weighted by Gasteiger charge is -2.29. The number of benzene rings is 1. The third kappa shape index (κ3) is 3.66. The second kappa shape index (κ2) is 7.23. The Bertz CT molecular complexity index is 789. The number of halogens is 1. The van der Waals surface area contributed by atoms with Crippen LogP contribution in [0.5, 0.6) is 0 Å². The summed E-state index contributed by atoms with van der Waals surface area (Å²) in [5.74, 6) is 0.357. The predicted octanol–water partition coefficient (Wildman–Crippen LogP) is 2.71. The van der Waals surface area contributed by atoms with Crippen LogP contribution in [0.2, 0.25) is 5.02 Å². The van der Waals surface area contributed by atoms with Gasteiger partial charge in [0, 0.05) is 18.5 Å². The summed E-state index contributed by atoms with van der Waals surface area (Å²) < 4.78 is 0. The highest BCUT2D eigenvalue weighted by Crippen LogP contribution is 2.25. The molecule has 0 aliphatic carbocycles. The van der Waals surface area contributed by atoms with Crippen molar-refractivity contribution in [2.24, 2.45) is 5.92 Å². The van der Waals surface area contributed by atoms with Crippen LogP contribution in [0, 0.1) is 5.92 Å². The lowest BCUT2D eigenvalue weighted by molar-refractivity contribution is -0.136. The fourth-order valence-electron chi connectivity index (χ4n) is 3.04. The number of amides is 2. The van der Waals surface area contributed by atoms with Crippen LogP contribution in [0.15, 0.2) is 24.3 Å². The number of carbonyl (C=O) groups excluding carboxylic acids is 2. The van der Waals surface area contributed by atoms with Crippen molar-refractivity contribution in [1.82, 2.24) is 20.1 Å². The number of anilines is 1. The van der Waals surface area contributed by atoms with Crippen molar-refractivity contribution in [2.45, 2.75) is 32.7 Å². The molecule has 1 atom stereocenters. The van der Waals surface area contributed by atoms with Crippen LogP contribution < -0.4 is 5.32 Å². The molecule has 25 heavy (non-hydrogen) atoms. The van der Waals surface area contributed by atoms with Crippen molar-refractivity contribution in [2.75, 3.05) is 11.9 Å². The first-order chi connectivity index (χ1) is 12.0. The number of nitrogens with zero attached hydrogens (tertiary/aromatic N) is 3. The minimum Gasteiger partial charge on any atom is -0.330 e. The number of nitrogens with one attached hydrogen (secondary N) is 2. The van der Waals surface area contributed by atoms with Gasteiger partial charge in [0.15, 0.2) is 5.82 Å². The molecule has 0 spiro atoms. The molecule has 1 aromatic heterocycles. The third-order valence-electron chi connectivity index (χ3n) is 4.20. The minimum atomic E-state index is -0.530. The quantitative estimate of drug-likeness (QED) is 0.856. The molecule has 1 aromatic carbocycles. The van der Waals surface area contributed by atoms with Gasteiger partial charge in [-0.1, -0.05) is 37.6 Å². The Balaban J connectivity index is 1.76. The molecule has 0 saturated carbocycles. The zero-order chi connectivity index (χ0) is 18.0. The second-order valence-corrected chi connectivity index (χ2v) is 6.76. The predicted molar refractivity (Wildman–Crippen MR) is 95.0 cm³/mol. The molecule has 132 valence electrons. The van der Waals surface area contributed by atoms with Crippen molar-refractivity contribution in [1.29, 1.82) is 0 Å². The summed E-state index contributed by atoms with van der Waals surface area (Å²) in [6.45, 7) is 4.44. The van der Waals surface area contributed by atoms with Gasteiger partial charge in [-0.2, -0.15) is 4.98 Å². The van der Waals surface area contributed by atoms with Gasteiger partial charge in [-0.15, -0.1) is 5.10 Å². The molecular weight excluding hydrogens is 342 g/mol. The zero-order valence-electron chi connectivity index (χ0n) is 14.1. The largest absolute Gasteiger partial charge is 0.330 e. The van der Waals surface area contributed by atoms with Crippen LogP contribution in [0.4, 0.5) is 5.95 Å². The number of H-pyrrole nitrogens is 1. The number of likely N-dealkylation sites (tertiary alicyclic amines) is 1. The zero-order valence-corrected chi connectivity index (χ0v) is 14.9. The number of hydrogen-bond donors (Lipinski definition) is 2. The number of aromatic amines is 1. The normalized spacial score (nSPS) is 15.7. The summed E-state index contributed by atoms with van der Waals surface area (Å²) in [6.07, 6.45) is 1.28. The Morgan fingerprint density at radius 2 is 2.12 bits per heavy atom. The van der Waals surface area contributed by atoms with E-state index in [1.807, 2.05) is 32.0 Å². The van der Waals surface area contributed by atoms with E-state index in [1.165, 1.54) is 0 Å². The summed E-state index contributed by atoms with van der Waals surface area (Å²) >= 11 is 6.15. The molecule has 0 bridgehead atoms. The van der Waals surface area contributed by atoms with Gasteiger partial charge < -0.3 is 4.90 Å². The molecule has 1 aliphatic rings. The average molecular weight is 362 g/mol. The van der Waals surface area contributed by atoms with Crippen LogP contribution in [0.1, 0.15) is 26.7 Å². The number of rotatable bonds is 5. The van der Waals surface area contributed by atoms with E-state index >= 15 is 0 Å². The van der Waals surface area contributed by atoms with Crippen LogP contribution >= 0.6 is 11.6 Å². The number of carbonyl (C=O) groups is 2. The lowest BCUT2D eigenvalue weighted by Crippen LogP contribution is -2.48. The van der Waals surface area contributed by atoms with E-state index in [4.69, 9.17) is 11.6 Å². The molecule has 0 radical (unpaired) electrons. The first-order valence-corrected chi connectivity index (χ1v) is 8.63. The summed E-state index contributed by atoms with van der Waals surface area (Å²) in [6, 6.07) is 6.71. The third-order valence-corrected chi connectivity index (χ3v) is 4.52.